The molecule has 0 radical (unpaired) electrons. The van der Waals surface area contributed by atoms with Gasteiger partial charge in [-0.05, 0) is 58.5 Å². The van der Waals surface area contributed by atoms with E-state index < -0.39 is 0 Å². The van der Waals surface area contributed by atoms with Gasteiger partial charge < -0.3 is 5.32 Å². The number of benzene rings is 2. The van der Waals surface area contributed by atoms with Crippen molar-refractivity contribution in [3.05, 3.63) is 84.4 Å². The van der Waals surface area contributed by atoms with Crippen molar-refractivity contribution in [1.29, 1.82) is 0 Å². The minimum Gasteiger partial charge on any atom is -0.322 e. The van der Waals surface area contributed by atoms with Gasteiger partial charge in [-0.1, -0.05) is 12.1 Å². The van der Waals surface area contributed by atoms with Gasteiger partial charge in [-0.15, -0.1) is 5.10 Å². The van der Waals surface area contributed by atoms with E-state index in [4.69, 9.17) is 0 Å². The summed E-state index contributed by atoms with van der Waals surface area (Å²) in [4.78, 5) is 12.4. The first-order valence-electron chi connectivity index (χ1n) is 7.99. The zero-order valence-electron chi connectivity index (χ0n) is 13.7. The third-order valence-corrected chi connectivity index (χ3v) is 3.86. The standard InChI is InChI=1S/C18H15N7O/c26-18(15-4-2-14(3-5-15)12-24-11-1-10-20-24)21-16-6-8-17(9-7-16)25-13-19-22-23-25/h1-11,13H,12H2,(H,21,26). The maximum Gasteiger partial charge on any atom is 0.255 e. The number of tetrazole rings is 1. The summed E-state index contributed by atoms with van der Waals surface area (Å²) < 4.78 is 3.38. The molecule has 0 aliphatic heterocycles. The molecule has 0 saturated carbocycles. The van der Waals surface area contributed by atoms with Crippen molar-refractivity contribution in [2.45, 2.75) is 6.54 Å². The van der Waals surface area contributed by atoms with Crippen LogP contribution < -0.4 is 5.32 Å². The summed E-state index contributed by atoms with van der Waals surface area (Å²) in [5.41, 5.74) is 3.19. The van der Waals surface area contributed by atoms with Gasteiger partial charge in [0.1, 0.15) is 6.33 Å². The Bertz CT molecular complexity index is 975. The second kappa shape index (κ2) is 6.98. The summed E-state index contributed by atoms with van der Waals surface area (Å²) in [7, 11) is 0. The van der Waals surface area contributed by atoms with Gasteiger partial charge in [0.25, 0.3) is 5.91 Å². The molecule has 0 saturated heterocycles. The van der Waals surface area contributed by atoms with Gasteiger partial charge in [-0.25, -0.2) is 4.68 Å². The Hall–Kier alpha value is -3.81. The Labute approximate surface area is 149 Å². The summed E-state index contributed by atoms with van der Waals surface area (Å²) >= 11 is 0. The van der Waals surface area contributed by atoms with Gasteiger partial charge in [-0.3, -0.25) is 9.48 Å². The van der Waals surface area contributed by atoms with Gasteiger partial charge in [0.2, 0.25) is 0 Å². The molecule has 2 aromatic carbocycles. The van der Waals surface area contributed by atoms with Gasteiger partial charge in [0.05, 0.1) is 12.2 Å². The van der Waals surface area contributed by atoms with Crippen LogP contribution in [0, 0.1) is 0 Å². The molecule has 0 bridgehead atoms. The molecule has 0 unspecified atom stereocenters. The molecule has 4 aromatic rings. The Morgan fingerprint density at radius 2 is 1.85 bits per heavy atom. The largest absolute Gasteiger partial charge is 0.322 e. The highest BCUT2D eigenvalue weighted by Crippen LogP contribution is 2.14. The molecule has 1 amide bonds. The first-order chi connectivity index (χ1) is 12.8. The van der Waals surface area contributed by atoms with Crippen molar-refractivity contribution in [3.63, 3.8) is 0 Å². The fourth-order valence-corrected chi connectivity index (χ4v) is 2.52. The van der Waals surface area contributed by atoms with Crippen LogP contribution in [0.3, 0.4) is 0 Å². The van der Waals surface area contributed by atoms with E-state index in [1.165, 1.54) is 6.33 Å². The Morgan fingerprint density at radius 1 is 1.04 bits per heavy atom. The van der Waals surface area contributed by atoms with E-state index in [1.54, 1.807) is 23.0 Å². The first kappa shape index (κ1) is 15.7. The molecule has 4 rings (SSSR count). The normalized spacial score (nSPS) is 10.6. The van der Waals surface area contributed by atoms with E-state index in [-0.39, 0.29) is 5.91 Å². The van der Waals surface area contributed by atoms with Crippen LogP contribution in [0.25, 0.3) is 5.69 Å². The predicted molar refractivity (Wildman–Crippen MR) is 94.9 cm³/mol. The number of carbonyl (C=O) groups excluding carboxylic acids is 1. The SMILES string of the molecule is O=C(Nc1ccc(-n2cnnn2)cc1)c1ccc(Cn2cccn2)cc1. The highest BCUT2D eigenvalue weighted by atomic mass is 16.1. The molecular formula is C18H15N7O. The molecule has 0 spiro atoms. The summed E-state index contributed by atoms with van der Waals surface area (Å²) in [6.07, 6.45) is 5.16. The lowest BCUT2D eigenvalue weighted by Gasteiger charge is -2.07. The molecule has 2 aromatic heterocycles. The number of nitrogens with zero attached hydrogens (tertiary/aromatic N) is 6. The van der Waals surface area contributed by atoms with Crippen molar-refractivity contribution < 1.29 is 4.79 Å². The first-order valence-corrected chi connectivity index (χ1v) is 7.99. The lowest BCUT2D eigenvalue weighted by molar-refractivity contribution is 0.102. The smallest absolute Gasteiger partial charge is 0.255 e. The zero-order chi connectivity index (χ0) is 17.8. The number of hydrogen-bond donors (Lipinski definition) is 1. The lowest BCUT2D eigenvalue weighted by Crippen LogP contribution is -2.12. The fourth-order valence-electron chi connectivity index (χ4n) is 2.52. The Balaban J connectivity index is 1.41. The quantitative estimate of drug-likeness (QED) is 0.598. The number of anilines is 1. The number of carbonyl (C=O) groups is 1. The van der Waals surface area contributed by atoms with Crippen LogP contribution >= 0.6 is 0 Å². The molecule has 8 heteroatoms. The van der Waals surface area contributed by atoms with Gasteiger partial charge >= 0.3 is 0 Å². The van der Waals surface area contributed by atoms with Crippen LogP contribution in [0.5, 0.6) is 0 Å². The Kier molecular flexibility index (Phi) is 4.21. The predicted octanol–water partition coefficient (Wildman–Crippen LogP) is 2.16. The van der Waals surface area contributed by atoms with Gasteiger partial charge in [-0.2, -0.15) is 5.10 Å². The molecule has 0 atom stereocenters. The van der Waals surface area contributed by atoms with E-state index >= 15 is 0 Å². The number of amides is 1. The Morgan fingerprint density at radius 3 is 2.50 bits per heavy atom. The maximum atomic E-state index is 12.4. The molecular weight excluding hydrogens is 330 g/mol. The van der Waals surface area contributed by atoms with Crippen molar-refractivity contribution in [2.75, 3.05) is 5.32 Å². The molecule has 0 aliphatic rings. The second-order valence-electron chi connectivity index (χ2n) is 5.66. The summed E-state index contributed by atoms with van der Waals surface area (Å²) in [6.45, 7) is 0.674. The van der Waals surface area contributed by atoms with Crippen molar-refractivity contribution in [1.82, 2.24) is 30.0 Å². The number of aromatic nitrogens is 6. The van der Waals surface area contributed by atoms with Crippen molar-refractivity contribution in [2.24, 2.45) is 0 Å². The molecule has 0 aliphatic carbocycles. The van der Waals surface area contributed by atoms with Crippen LogP contribution in [0.1, 0.15) is 15.9 Å². The minimum absolute atomic E-state index is 0.161. The number of nitrogens with one attached hydrogen (secondary N) is 1. The maximum absolute atomic E-state index is 12.4. The second-order valence-corrected chi connectivity index (χ2v) is 5.66. The molecule has 8 nitrogen and oxygen atoms in total. The highest BCUT2D eigenvalue weighted by molar-refractivity contribution is 6.04. The van der Waals surface area contributed by atoms with E-state index in [0.29, 0.717) is 17.8 Å². The van der Waals surface area contributed by atoms with Gasteiger partial charge in [0.15, 0.2) is 0 Å². The summed E-state index contributed by atoms with van der Waals surface area (Å²) in [6, 6.07) is 16.6. The van der Waals surface area contributed by atoms with E-state index in [1.807, 2.05) is 53.3 Å². The van der Waals surface area contributed by atoms with E-state index in [9.17, 15) is 4.79 Å². The van der Waals surface area contributed by atoms with Crippen LogP contribution in [0.4, 0.5) is 5.69 Å². The van der Waals surface area contributed by atoms with E-state index in [2.05, 4.69) is 25.9 Å². The average Bonchev–Trinajstić information content (AvgIpc) is 3.37. The number of hydrogen-bond acceptors (Lipinski definition) is 5. The highest BCUT2D eigenvalue weighted by Gasteiger charge is 2.07. The molecule has 1 N–H and O–H groups in total. The summed E-state index contributed by atoms with van der Waals surface area (Å²) in [5, 5.41) is 18.1. The van der Waals surface area contributed by atoms with E-state index in [0.717, 1.165) is 11.3 Å². The topological polar surface area (TPSA) is 90.5 Å². The van der Waals surface area contributed by atoms with Crippen LogP contribution in [0.2, 0.25) is 0 Å². The van der Waals surface area contributed by atoms with Crippen molar-refractivity contribution >= 4 is 11.6 Å². The number of rotatable bonds is 5. The van der Waals surface area contributed by atoms with Crippen molar-refractivity contribution in [3.8, 4) is 5.69 Å². The van der Waals surface area contributed by atoms with Crippen LogP contribution in [-0.2, 0) is 6.54 Å². The summed E-state index contributed by atoms with van der Waals surface area (Å²) in [5.74, 6) is -0.161. The molecule has 26 heavy (non-hydrogen) atoms. The third kappa shape index (κ3) is 3.48. The molecule has 0 fully saturated rings. The zero-order valence-corrected chi connectivity index (χ0v) is 13.7. The fraction of sp³-hybridized carbons (Fsp3) is 0.0556. The molecule has 128 valence electrons. The average molecular weight is 345 g/mol. The van der Waals surface area contributed by atoms with Gasteiger partial charge in [0, 0.05) is 23.6 Å². The van der Waals surface area contributed by atoms with Crippen LogP contribution in [0.15, 0.2) is 73.3 Å². The third-order valence-electron chi connectivity index (χ3n) is 3.86. The monoisotopic (exact) mass is 345 g/mol. The lowest BCUT2D eigenvalue weighted by atomic mass is 10.1. The van der Waals surface area contributed by atoms with Crippen LogP contribution in [-0.4, -0.2) is 35.9 Å². The minimum atomic E-state index is -0.161. The molecule has 2 heterocycles.